The van der Waals surface area contributed by atoms with Gasteiger partial charge in [0.05, 0.1) is 18.0 Å². The second-order valence-electron chi connectivity index (χ2n) is 8.62. The fourth-order valence-electron chi connectivity index (χ4n) is 5.12. The third kappa shape index (κ3) is 3.00. The highest BCUT2D eigenvalue weighted by Gasteiger charge is 2.43. The van der Waals surface area contributed by atoms with Crippen molar-refractivity contribution in [3.8, 4) is 17.0 Å². The van der Waals surface area contributed by atoms with E-state index in [1.807, 2.05) is 4.90 Å². The van der Waals surface area contributed by atoms with Gasteiger partial charge in [-0.05, 0) is 61.2 Å². The average Bonchev–Trinajstić information content (AvgIpc) is 3.46. The first-order chi connectivity index (χ1) is 15.6. The summed E-state index contributed by atoms with van der Waals surface area (Å²) in [6, 6.07) is 17.0. The van der Waals surface area contributed by atoms with Crippen LogP contribution in [0.5, 0.6) is 5.75 Å². The van der Waals surface area contributed by atoms with E-state index < -0.39 is 0 Å². The molecule has 1 saturated heterocycles. The molecule has 1 spiro atoms. The van der Waals surface area contributed by atoms with Gasteiger partial charge in [-0.3, -0.25) is 9.89 Å². The van der Waals surface area contributed by atoms with E-state index in [1.165, 1.54) is 16.6 Å². The molecule has 4 aromatic rings. The number of aromatic hydroxyl groups is 1. The van der Waals surface area contributed by atoms with Crippen molar-refractivity contribution in [1.82, 2.24) is 20.1 Å². The lowest BCUT2D eigenvalue weighted by atomic mass is 9.83. The lowest BCUT2D eigenvalue weighted by Gasteiger charge is -2.43. The number of hydrogen-bond donors (Lipinski definition) is 3. The van der Waals surface area contributed by atoms with E-state index in [0.29, 0.717) is 31.1 Å². The van der Waals surface area contributed by atoms with Crippen LogP contribution in [0, 0.1) is 0 Å². The maximum atomic E-state index is 13.1. The standard InChI is InChI=1S/C25H24N4O3/c30-17-7-5-16(6-8-17)21-15-22(28-27-21)24(31)29-12-10-25(11-13-29)23-19(9-14-32-25)18-3-1-2-4-20(18)26-23/h1-8,15,26,30H,9-14H2,(H,27,28). The lowest BCUT2D eigenvalue weighted by molar-refractivity contribution is -0.0957. The van der Waals surface area contributed by atoms with Gasteiger partial charge >= 0.3 is 0 Å². The molecule has 0 saturated carbocycles. The van der Waals surface area contributed by atoms with Crippen molar-refractivity contribution in [2.24, 2.45) is 0 Å². The predicted octanol–water partition coefficient (Wildman–Crippen LogP) is 3.97. The zero-order chi connectivity index (χ0) is 21.7. The number of phenols is 1. The van der Waals surface area contributed by atoms with Crippen LogP contribution < -0.4 is 0 Å². The van der Waals surface area contributed by atoms with Crippen molar-refractivity contribution in [3.05, 3.63) is 71.5 Å². The summed E-state index contributed by atoms with van der Waals surface area (Å²) >= 11 is 0. The molecular formula is C25H24N4O3. The monoisotopic (exact) mass is 428 g/mol. The number of piperidine rings is 1. The number of carbonyl (C=O) groups excluding carboxylic acids is 1. The smallest absolute Gasteiger partial charge is 0.271 e. The summed E-state index contributed by atoms with van der Waals surface area (Å²) in [5.41, 5.74) is 5.35. The summed E-state index contributed by atoms with van der Waals surface area (Å²) in [6.07, 6.45) is 2.44. The van der Waals surface area contributed by atoms with Crippen molar-refractivity contribution < 1.29 is 14.6 Å². The molecule has 7 nitrogen and oxygen atoms in total. The number of ether oxygens (including phenoxy) is 1. The van der Waals surface area contributed by atoms with E-state index >= 15 is 0 Å². The Morgan fingerprint density at radius 3 is 2.69 bits per heavy atom. The fourth-order valence-corrected chi connectivity index (χ4v) is 5.12. The van der Waals surface area contributed by atoms with Gasteiger partial charge in [-0.25, -0.2) is 0 Å². The van der Waals surface area contributed by atoms with Gasteiger partial charge in [-0.1, -0.05) is 18.2 Å². The molecule has 0 aliphatic carbocycles. The van der Waals surface area contributed by atoms with E-state index in [1.54, 1.807) is 30.3 Å². The van der Waals surface area contributed by atoms with Crippen molar-refractivity contribution >= 4 is 16.8 Å². The zero-order valence-electron chi connectivity index (χ0n) is 17.6. The first-order valence-corrected chi connectivity index (χ1v) is 11.0. The molecule has 1 amide bonds. The molecule has 1 fully saturated rings. The Morgan fingerprint density at radius 2 is 1.88 bits per heavy atom. The predicted molar refractivity (Wildman–Crippen MR) is 120 cm³/mol. The number of aromatic nitrogens is 3. The van der Waals surface area contributed by atoms with Gasteiger partial charge in [-0.2, -0.15) is 5.10 Å². The quantitative estimate of drug-likeness (QED) is 0.450. The fraction of sp³-hybridized carbons (Fsp3) is 0.280. The molecule has 7 heteroatoms. The topological polar surface area (TPSA) is 94.2 Å². The first kappa shape index (κ1) is 19.1. The van der Waals surface area contributed by atoms with Gasteiger partial charge < -0.3 is 19.7 Å². The second-order valence-corrected chi connectivity index (χ2v) is 8.62. The maximum absolute atomic E-state index is 13.1. The van der Waals surface area contributed by atoms with Crippen LogP contribution in [0.1, 0.15) is 34.6 Å². The number of phenolic OH excluding ortho intramolecular Hbond substituents is 1. The first-order valence-electron chi connectivity index (χ1n) is 11.0. The summed E-state index contributed by atoms with van der Waals surface area (Å²) in [4.78, 5) is 18.6. The van der Waals surface area contributed by atoms with E-state index in [4.69, 9.17) is 4.74 Å². The molecule has 162 valence electrons. The van der Waals surface area contributed by atoms with Gasteiger partial charge in [0.2, 0.25) is 0 Å². The Bertz CT molecular complexity index is 1300. The molecule has 0 radical (unpaired) electrons. The largest absolute Gasteiger partial charge is 0.508 e. The van der Waals surface area contributed by atoms with E-state index in [0.717, 1.165) is 30.3 Å². The third-order valence-corrected chi connectivity index (χ3v) is 6.83. The molecule has 3 N–H and O–H groups in total. The van der Waals surface area contributed by atoms with E-state index in [9.17, 15) is 9.90 Å². The van der Waals surface area contributed by atoms with Crippen molar-refractivity contribution in [2.45, 2.75) is 24.9 Å². The van der Waals surface area contributed by atoms with Gasteiger partial charge in [0.1, 0.15) is 17.0 Å². The van der Waals surface area contributed by atoms with Gasteiger partial charge in [-0.15, -0.1) is 0 Å². The van der Waals surface area contributed by atoms with E-state index in [-0.39, 0.29) is 17.3 Å². The molecule has 0 unspecified atom stereocenters. The Hall–Kier alpha value is -3.58. The number of H-pyrrole nitrogens is 2. The Morgan fingerprint density at radius 1 is 1.09 bits per heavy atom. The second kappa shape index (κ2) is 7.24. The van der Waals surface area contributed by atoms with Crippen molar-refractivity contribution in [3.63, 3.8) is 0 Å². The lowest BCUT2D eigenvalue weighted by Crippen LogP contribution is -2.48. The number of rotatable bonds is 2. The number of likely N-dealkylation sites (tertiary alicyclic amines) is 1. The van der Waals surface area contributed by atoms with Gasteiger partial charge in [0.25, 0.3) is 5.91 Å². The number of carbonyl (C=O) groups is 1. The number of benzene rings is 2. The molecule has 0 bridgehead atoms. The summed E-state index contributed by atoms with van der Waals surface area (Å²) in [6.45, 7) is 1.96. The van der Waals surface area contributed by atoms with Crippen molar-refractivity contribution in [2.75, 3.05) is 19.7 Å². The molecule has 2 aromatic heterocycles. The van der Waals surface area contributed by atoms with E-state index in [2.05, 4.69) is 39.4 Å². The summed E-state index contributed by atoms with van der Waals surface area (Å²) in [5, 5.41) is 17.9. The van der Waals surface area contributed by atoms with Crippen LogP contribution in [0.3, 0.4) is 0 Å². The Kier molecular flexibility index (Phi) is 4.33. The van der Waals surface area contributed by atoms with Crippen LogP contribution in [0.2, 0.25) is 0 Å². The molecule has 0 atom stereocenters. The van der Waals surface area contributed by atoms with Crippen LogP contribution in [0.25, 0.3) is 22.2 Å². The van der Waals surface area contributed by atoms with Gasteiger partial charge in [0.15, 0.2) is 0 Å². The normalized spacial score (nSPS) is 17.6. The molecule has 32 heavy (non-hydrogen) atoms. The van der Waals surface area contributed by atoms with Crippen molar-refractivity contribution in [1.29, 1.82) is 0 Å². The average molecular weight is 428 g/mol. The van der Waals surface area contributed by atoms with Gasteiger partial charge in [0, 0.05) is 29.6 Å². The number of para-hydroxylation sites is 1. The molecule has 4 heterocycles. The minimum atomic E-state index is -0.353. The number of hydrogen-bond acceptors (Lipinski definition) is 4. The third-order valence-electron chi connectivity index (χ3n) is 6.83. The van der Waals surface area contributed by atoms with Crippen LogP contribution in [0.4, 0.5) is 0 Å². The number of nitrogens with one attached hydrogen (secondary N) is 2. The summed E-state index contributed by atoms with van der Waals surface area (Å²) < 4.78 is 6.36. The van der Waals surface area contributed by atoms with Crippen LogP contribution >= 0.6 is 0 Å². The number of nitrogens with zero attached hydrogens (tertiary/aromatic N) is 2. The minimum absolute atomic E-state index is 0.0509. The summed E-state index contributed by atoms with van der Waals surface area (Å²) in [5.74, 6) is 0.149. The molecule has 6 rings (SSSR count). The number of aromatic amines is 2. The van der Waals surface area contributed by atoms with Crippen LogP contribution in [-0.4, -0.2) is 50.8 Å². The number of fused-ring (bicyclic) bond motifs is 4. The van der Waals surface area contributed by atoms with Crippen LogP contribution in [0.15, 0.2) is 54.6 Å². The summed E-state index contributed by atoms with van der Waals surface area (Å²) in [7, 11) is 0. The highest BCUT2D eigenvalue weighted by Crippen LogP contribution is 2.43. The van der Waals surface area contributed by atoms with Crippen LogP contribution in [-0.2, 0) is 16.8 Å². The number of amides is 1. The highest BCUT2D eigenvalue weighted by molar-refractivity contribution is 5.93. The highest BCUT2D eigenvalue weighted by atomic mass is 16.5. The molecular weight excluding hydrogens is 404 g/mol. The molecule has 2 aliphatic rings. The Labute approximate surface area is 185 Å². The molecule has 2 aromatic carbocycles. The molecule has 2 aliphatic heterocycles. The zero-order valence-corrected chi connectivity index (χ0v) is 17.6. The maximum Gasteiger partial charge on any atom is 0.271 e. The minimum Gasteiger partial charge on any atom is -0.508 e. The Balaban J connectivity index is 1.21. The SMILES string of the molecule is O=C(c1cc(-c2ccc(O)cc2)n[nH]1)N1CCC2(CC1)OCCc1c2[nH]c2ccccc12.